The molecule has 0 atom stereocenters. The highest BCUT2D eigenvalue weighted by atomic mass is 32.1. The Morgan fingerprint density at radius 1 is 1.19 bits per heavy atom. The first-order chi connectivity index (χ1) is 13.2. The molecule has 5 nitrogen and oxygen atoms in total. The van der Waals surface area contributed by atoms with Gasteiger partial charge in [0, 0.05) is 22.3 Å². The second kappa shape index (κ2) is 5.45. The first-order valence-electron chi connectivity index (χ1n) is 9.53. The SMILES string of the molecule is COc1ccc2[nH]c3c(c2c1)CCn1c-3nc2sc3c(c2c1=N)CCCC3. The fourth-order valence-electron chi connectivity index (χ4n) is 4.71. The summed E-state index contributed by atoms with van der Waals surface area (Å²) >= 11 is 1.80. The topological polar surface area (TPSA) is 66.7 Å². The molecule has 0 saturated heterocycles. The molecule has 0 spiro atoms. The molecule has 0 radical (unpaired) electrons. The van der Waals surface area contributed by atoms with Crippen LogP contribution < -0.4 is 10.2 Å². The van der Waals surface area contributed by atoms with E-state index in [1.54, 1.807) is 18.4 Å². The van der Waals surface area contributed by atoms with Crippen molar-refractivity contribution in [2.24, 2.45) is 0 Å². The molecule has 4 heterocycles. The van der Waals surface area contributed by atoms with Crippen LogP contribution in [-0.4, -0.2) is 21.6 Å². The minimum Gasteiger partial charge on any atom is -0.497 e. The highest BCUT2D eigenvalue weighted by Crippen LogP contribution is 2.38. The Hall–Kier alpha value is -2.60. The Morgan fingerprint density at radius 2 is 2.07 bits per heavy atom. The zero-order valence-corrected chi connectivity index (χ0v) is 16.0. The van der Waals surface area contributed by atoms with Gasteiger partial charge in [0.05, 0.1) is 18.2 Å². The van der Waals surface area contributed by atoms with Crippen LogP contribution in [0.2, 0.25) is 0 Å². The van der Waals surface area contributed by atoms with Crippen LogP contribution in [0.25, 0.3) is 32.6 Å². The normalized spacial score (nSPS) is 15.6. The van der Waals surface area contributed by atoms with Gasteiger partial charge in [0.1, 0.15) is 16.1 Å². The molecule has 1 aromatic carbocycles. The summed E-state index contributed by atoms with van der Waals surface area (Å²) in [5, 5.41) is 11.2. The van der Waals surface area contributed by atoms with Crippen molar-refractivity contribution >= 4 is 32.5 Å². The van der Waals surface area contributed by atoms with Crippen molar-refractivity contribution in [2.45, 2.75) is 38.6 Å². The molecule has 136 valence electrons. The number of hydrogen-bond donors (Lipinski definition) is 2. The lowest BCUT2D eigenvalue weighted by atomic mass is 9.97. The van der Waals surface area contributed by atoms with Crippen molar-refractivity contribution < 1.29 is 4.74 Å². The number of fused-ring (bicyclic) bond motifs is 8. The van der Waals surface area contributed by atoms with Crippen molar-refractivity contribution in [3.63, 3.8) is 0 Å². The summed E-state index contributed by atoms with van der Waals surface area (Å²) in [4.78, 5) is 11.1. The molecule has 2 aliphatic rings. The van der Waals surface area contributed by atoms with E-state index in [0.717, 1.165) is 58.8 Å². The summed E-state index contributed by atoms with van der Waals surface area (Å²) in [6.07, 6.45) is 5.63. The summed E-state index contributed by atoms with van der Waals surface area (Å²) in [5.74, 6) is 1.78. The summed E-state index contributed by atoms with van der Waals surface area (Å²) in [7, 11) is 1.70. The van der Waals surface area contributed by atoms with E-state index in [2.05, 4.69) is 21.7 Å². The Kier molecular flexibility index (Phi) is 3.12. The predicted molar refractivity (Wildman–Crippen MR) is 108 cm³/mol. The maximum absolute atomic E-state index is 8.91. The summed E-state index contributed by atoms with van der Waals surface area (Å²) < 4.78 is 7.51. The fraction of sp³-hybridized carbons (Fsp3) is 0.333. The smallest absolute Gasteiger partial charge is 0.159 e. The number of hydrogen-bond acceptors (Lipinski definition) is 4. The highest BCUT2D eigenvalue weighted by Gasteiger charge is 2.26. The Balaban J connectivity index is 1.65. The van der Waals surface area contributed by atoms with Gasteiger partial charge in [-0.2, -0.15) is 0 Å². The molecule has 0 unspecified atom stereocenters. The van der Waals surface area contributed by atoms with Crippen LogP contribution in [0.4, 0.5) is 0 Å². The molecule has 3 aromatic heterocycles. The van der Waals surface area contributed by atoms with Crippen molar-refractivity contribution in [2.75, 3.05) is 7.11 Å². The first kappa shape index (κ1) is 15.5. The van der Waals surface area contributed by atoms with Gasteiger partial charge in [0.2, 0.25) is 0 Å². The second-order valence-corrected chi connectivity index (χ2v) is 8.55. The van der Waals surface area contributed by atoms with Crippen LogP contribution in [0.15, 0.2) is 18.2 Å². The molecular formula is C21H20N4OS. The van der Waals surface area contributed by atoms with Gasteiger partial charge in [-0.15, -0.1) is 11.3 Å². The molecule has 1 aliphatic carbocycles. The minimum atomic E-state index is 0.635. The summed E-state index contributed by atoms with van der Waals surface area (Å²) in [5.41, 5.74) is 5.48. The van der Waals surface area contributed by atoms with Gasteiger partial charge in [0.25, 0.3) is 0 Å². The van der Waals surface area contributed by atoms with E-state index < -0.39 is 0 Å². The number of nitrogens with zero attached hydrogens (tertiary/aromatic N) is 2. The van der Waals surface area contributed by atoms with Gasteiger partial charge < -0.3 is 14.3 Å². The predicted octanol–water partition coefficient (Wildman–Crippen LogP) is 4.17. The third-order valence-corrected chi connectivity index (χ3v) is 7.23. The molecule has 27 heavy (non-hydrogen) atoms. The van der Waals surface area contributed by atoms with Gasteiger partial charge in [-0.05, 0) is 61.4 Å². The van der Waals surface area contributed by atoms with Crippen molar-refractivity contribution in [3.05, 3.63) is 39.7 Å². The number of nitrogens with one attached hydrogen (secondary N) is 2. The van der Waals surface area contributed by atoms with Gasteiger partial charge in [0.15, 0.2) is 5.82 Å². The van der Waals surface area contributed by atoms with Crippen molar-refractivity contribution in [1.29, 1.82) is 5.41 Å². The number of H-pyrrole nitrogens is 1. The third kappa shape index (κ3) is 2.04. The van der Waals surface area contributed by atoms with Gasteiger partial charge in [-0.1, -0.05) is 0 Å². The number of ether oxygens (including phenoxy) is 1. The van der Waals surface area contributed by atoms with Crippen LogP contribution >= 0.6 is 11.3 Å². The van der Waals surface area contributed by atoms with Gasteiger partial charge in [-0.3, -0.25) is 5.41 Å². The largest absolute Gasteiger partial charge is 0.497 e. The Labute approximate surface area is 160 Å². The monoisotopic (exact) mass is 376 g/mol. The lowest BCUT2D eigenvalue weighted by Gasteiger charge is -2.19. The summed E-state index contributed by atoms with van der Waals surface area (Å²) in [6, 6.07) is 6.16. The Morgan fingerprint density at radius 3 is 2.96 bits per heavy atom. The van der Waals surface area contributed by atoms with Crippen LogP contribution in [0, 0.1) is 5.41 Å². The van der Waals surface area contributed by atoms with Crippen LogP contribution in [0.5, 0.6) is 5.75 Å². The maximum Gasteiger partial charge on any atom is 0.159 e. The first-order valence-corrected chi connectivity index (χ1v) is 10.3. The Bertz CT molecular complexity index is 1290. The molecular weight excluding hydrogens is 356 g/mol. The van der Waals surface area contributed by atoms with E-state index in [4.69, 9.17) is 15.1 Å². The zero-order chi connectivity index (χ0) is 18.1. The van der Waals surface area contributed by atoms with E-state index in [1.165, 1.54) is 34.2 Å². The van der Waals surface area contributed by atoms with Gasteiger partial charge >= 0.3 is 0 Å². The molecule has 4 aromatic rings. The lowest BCUT2D eigenvalue weighted by molar-refractivity contribution is 0.415. The van der Waals surface area contributed by atoms with Crippen LogP contribution in [0.1, 0.15) is 28.8 Å². The number of aromatic amines is 1. The van der Waals surface area contributed by atoms with Crippen molar-refractivity contribution in [3.8, 4) is 17.3 Å². The van der Waals surface area contributed by atoms with E-state index >= 15 is 0 Å². The fourth-order valence-corrected chi connectivity index (χ4v) is 5.97. The molecule has 0 fully saturated rings. The summed E-state index contributed by atoms with van der Waals surface area (Å²) in [6.45, 7) is 0.804. The number of aromatic nitrogens is 3. The van der Waals surface area contributed by atoms with E-state index in [9.17, 15) is 0 Å². The lowest BCUT2D eigenvalue weighted by Crippen LogP contribution is -2.27. The number of methoxy groups -OCH3 is 1. The van der Waals surface area contributed by atoms with E-state index in [1.807, 2.05) is 6.07 Å². The molecule has 0 amide bonds. The van der Waals surface area contributed by atoms with E-state index in [-0.39, 0.29) is 0 Å². The average Bonchev–Trinajstić information content (AvgIpc) is 3.25. The molecule has 1 aliphatic heterocycles. The standard InChI is InChI=1S/C21H20N4OS/c1-26-11-6-7-15-14(10-11)12-8-9-25-19(22)17-13-4-2-3-5-16(13)27-21(17)24-20(25)18(12)23-15/h6-7,10,22-23H,2-5,8-9H2,1H3. The molecule has 0 bridgehead atoms. The molecule has 6 rings (SSSR count). The number of rotatable bonds is 1. The highest BCUT2D eigenvalue weighted by molar-refractivity contribution is 7.18. The maximum atomic E-state index is 8.91. The quantitative estimate of drug-likeness (QED) is 0.524. The zero-order valence-electron chi connectivity index (χ0n) is 15.2. The van der Waals surface area contributed by atoms with Crippen LogP contribution in [0.3, 0.4) is 0 Å². The number of aryl methyl sites for hydroxylation is 3. The molecule has 6 heteroatoms. The third-order valence-electron chi connectivity index (χ3n) is 6.04. The number of benzene rings is 1. The van der Waals surface area contributed by atoms with Crippen molar-refractivity contribution in [1.82, 2.24) is 14.5 Å². The van der Waals surface area contributed by atoms with Gasteiger partial charge in [-0.25, -0.2) is 4.98 Å². The second-order valence-electron chi connectivity index (χ2n) is 7.47. The van der Waals surface area contributed by atoms with E-state index in [0.29, 0.717) is 5.49 Å². The van der Waals surface area contributed by atoms with Crippen LogP contribution in [-0.2, 0) is 25.8 Å². The average molecular weight is 376 g/mol. The number of thiophene rings is 1. The molecule has 0 saturated carbocycles. The molecule has 2 N–H and O–H groups in total. The minimum absolute atomic E-state index is 0.635.